The Morgan fingerprint density at radius 3 is 2.38 bits per heavy atom. The smallest absolute Gasteiger partial charge is 0.130 e. The van der Waals surface area contributed by atoms with Crippen molar-refractivity contribution in [2.24, 2.45) is 23.2 Å². The van der Waals surface area contributed by atoms with Crippen LogP contribution in [0.4, 0.5) is 0 Å². The molecule has 2 saturated carbocycles. The molecular weight excluding hydrogens is 536 g/mol. The summed E-state index contributed by atoms with van der Waals surface area (Å²) >= 11 is 5.15. The quantitative estimate of drug-likeness (QED) is 0.182. The molecule has 2 fully saturated rings. The van der Waals surface area contributed by atoms with Crippen LogP contribution in [0.3, 0.4) is 0 Å². The predicted octanol–water partition coefficient (Wildman–Crippen LogP) is 8.95. The number of fused-ring (bicyclic) bond motifs is 5. The minimum atomic E-state index is -0.787. The zero-order valence-corrected chi connectivity index (χ0v) is 25.9. The zero-order valence-electron chi connectivity index (χ0n) is 24.3. The fourth-order valence-corrected chi connectivity index (χ4v) is 9.96. The minimum absolute atomic E-state index is 0.0935. The lowest BCUT2D eigenvalue weighted by Gasteiger charge is -2.53. The maximum Gasteiger partial charge on any atom is 0.130 e. The van der Waals surface area contributed by atoms with Crippen molar-refractivity contribution in [3.63, 3.8) is 0 Å². The summed E-state index contributed by atoms with van der Waals surface area (Å²) in [4.78, 5) is 0. The Kier molecular flexibility index (Phi) is 10.5. The number of aromatic hydroxyl groups is 1. The van der Waals surface area contributed by atoms with Crippen LogP contribution in [0.25, 0.3) is 0 Å². The number of phenols is 1. The Morgan fingerprint density at radius 2 is 1.62 bits per heavy atom. The van der Waals surface area contributed by atoms with E-state index in [1.807, 2.05) is 36.4 Å². The third-order valence-corrected chi connectivity index (χ3v) is 12.4. The van der Waals surface area contributed by atoms with E-state index in [-0.39, 0.29) is 11.5 Å². The normalized spacial score (nSPS) is 29.9. The first-order valence-corrected chi connectivity index (χ1v) is 17.8. The first kappa shape index (κ1) is 30.3. The van der Waals surface area contributed by atoms with Gasteiger partial charge in [0.2, 0.25) is 0 Å². The molecule has 2 aromatic carbocycles. The van der Waals surface area contributed by atoms with E-state index < -0.39 is 11.2 Å². The van der Waals surface area contributed by atoms with E-state index >= 15 is 0 Å². The van der Waals surface area contributed by atoms with Gasteiger partial charge >= 0.3 is 0 Å². The summed E-state index contributed by atoms with van der Waals surface area (Å²) in [6.45, 7) is 2.37. The highest BCUT2D eigenvalue weighted by Crippen LogP contribution is 2.62. The Labute approximate surface area is 250 Å². The maximum absolute atomic E-state index is 12.4. The van der Waals surface area contributed by atoms with Gasteiger partial charge in [-0.25, -0.2) is 0 Å². The third kappa shape index (κ3) is 7.05. The molecule has 5 rings (SSSR count). The largest absolute Gasteiger partial charge is 0.616 e. The lowest BCUT2D eigenvalue weighted by atomic mass is 9.52. The molecule has 40 heavy (non-hydrogen) atoms. The topological polar surface area (TPSA) is 63.5 Å². The van der Waals surface area contributed by atoms with Crippen molar-refractivity contribution in [3.8, 4) is 5.75 Å². The van der Waals surface area contributed by atoms with Crippen molar-refractivity contribution in [2.45, 2.75) is 115 Å². The van der Waals surface area contributed by atoms with Crippen LogP contribution in [-0.2, 0) is 23.3 Å². The number of rotatable bonds is 13. The summed E-state index contributed by atoms with van der Waals surface area (Å²) in [6.07, 6.45) is 16.6. The van der Waals surface area contributed by atoms with Crippen LogP contribution in [-0.4, -0.2) is 26.6 Å². The standard InChI is InChI=1S/C35H49ClO3S/c1-35-20-19-31-30-16-15-29(37)23-27(30)22-26(34(31)32(35)17-18-33(35)38)10-8-6-4-2-3-5-7-9-21-40(39)24-25-11-13-28(36)14-12-25/h11-16,23,26,31-34,37-38H,2-10,17-22,24H2,1H3/t26-,31-,32+,33+,34-,35+,40?/m1/s1. The number of unbranched alkanes of at least 4 members (excludes halogenated alkanes) is 7. The van der Waals surface area contributed by atoms with Crippen LogP contribution in [0.1, 0.15) is 113 Å². The van der Waals surface area contributed by atoms with Crippen LogP contribution in [0.5, 0.6) is 5.75 Å². The second kappa shape index (κ2) is 13.8. The molecule has 2 aromatic rings. The molecule has 3 aliphatic carbocycles. The van der Waals surface area contributed by atoms with E-state index in [4.69, 9.17) is 11.6 Å². The predicted molar refractivity (Wildman–Crippen MR) is 167 cm³/mol. The number of phenolic OH excluding ortho intramolecular Hbond substituents is 1. The summed E-state index contributed by atoms with van der Waals surface area (Å²) in [5.41, 5.74) is 4.06. The summed E-state index contributed by atoms with van der Waals surface area (Å²) in [5, 5.41) is 21.8. The molecule has 0 aromatic heterocycles. The average Bonchev–Trinajstić information content (AvgIpc) is 3.24. The van der Waals surface area contributed by atoms with Crippen molar-refractivity contribution in [1.82, 2.24) is 0 Å². The molecule has 0 bridgehead atoms. The zero-order chi connectivity index (χ0) is 28.1. The fourth-order valence-electron chi connectivity index (χ4n) is 8.60. The number of hydrogen-bond acceptors (Lipinski definition) is 3. The van der Waals surface area contributed by atoms with Crippen LogP contribution in [0.15, 0.2) is 42.5 Å². The number of benzene rings is 2. The SMILES string of the molecule is C[C@]12CC[C@@H]3c4ccc(O)cc4C[C@@H](CCCCCCCCCC[S+]([O-])Cc4ccc(Cl)cc4)[C@H]3[C@@H]1CC[C@@H]2O. The average molecular weight is 585 g/mol. The van der Waals surface area contributed by atoms with Gasteiger partial charge in [0.05, 0.1) is 6.10 Å². The van der Waals surface area contributed by atoms with E-state index in [0.717, 1.165) is 42.0 Å². The van der Waals surface area contributed by atoms with E-state index in [1.165, 1.54) is 75.3 Å². The highest BCUT2D eigenvalue weighted by Gasteiger charge is 2.56. The second-order valence-corrected chi connectivity index (χ2v) is 15.3. The Morgan fingerprint density at radius 1 is 0.925 bits per heavy atom. The molecule has 0 saturated heterocycles. The molecule has 0 heterocycles. The Hall–Kier alpha value is -1.20. The Bertz CT molecular complexity index is 1090. The number of halogens is 1. The summed E-state index contributed by atoms with van der Waals surface area (Å²) in [5.74, 6) is 4.41. The van der Waals surface area contributed by atoms with Gasteiger partial charge in [-0.1, -0.05) is 75.2 Å². The third-order valence-electron chi connectivity index (χ3n) is 10.8. The molecule has 0 spiro atoms. The molecule has 7 atom stereocenters. The number of aliphatic hydroxyl groups is 1. The first-order valence-electron chi connectivity index (χ1n) is 15.9. The molecule has 1 unspecified atom stereocenters. The molecule has 5 heteroatoms. The minimum Gasteiger partial charge on any atom is -0.616 e. The van der Waals surface area contributed by atoms with Gasteiger partial charge in [-0.3, -0.25) is 0 Å². The van der Waals surface area contributed by atoms with E-state index in [0.29, 0.717) is 35.2 Å². The molecule has 220 valence electrons. The number of hydrogen-bond donors (Lipinski definition) is 2. The van der Waals surface area contributed by atoms with Crippen LogP contribution >= 0.6 is 11.6 Å². The monoisotopic (exact) mass is 584 g/mol. The molecule has 0 aliphatic heterocycles. The second-order valence-electron chi connectivity index (χ2n) is 13.3. The van der Waals surface area contributed by atoms with Crippen LogP contribution in [0.2, 0.25) is 5.02 Å². The van der Waals surface area contributed by atoms with E-state index in [1.54, 1.807) is 0 Å². The van der Waals surface area contributed by atoms with Crippen LogP contribution in [0, 0.1) is 23.2 Å². The van der Waals surface area contributed by atoms with Gasteiger partial charge in [0.1, 0.15) is 17.3 Å². The van der Waals surface area contributed by atoms with Gasteiger partial charge in [0.25, 0.3) is 0 Å². The molecule has 0 radical (unpaired) electrons. The van der Waals surface area contributed by atoms with Gasteiger partial charge in [-0.05, 0) is 127 Å². The fraction of sp³-hybridized carbons (Fsp3) is 0.657. The van der Waals surface area contributed by atoms with Gasteiger partial charge in [0.15, 0.2) is 0 Å². The number of aliphatic hydroxyl groups excluding tert-OH is 1. The van der Waals surface area contributed by atoms with Gasteiger partial charge in [-0.2, -0.15) is 0 Å². The summed E-state index contributed by atoms with van der Waals surface area (Å²) in [7, 11) is 0. The summed E-state index contributed by atoms with van der Waals surface area (Å²) in [6, 6.07) is 13.8. The lowest BCUT2D eigenvalue weighted by Crippen LogP contribution is -2.47. The maximum atomic E-state index is 12.4. The van der Waals surface area contributed by atoms with Crippen molar-refractivity contribution < 1.29 is 14.8 Å². The van der Waals surface area contributed by atoms with E-state index in [9.17, 15) is 14.8 Å². The first-order chi connectivity index (χ1) is 19.3. The van der Waals surface area contributed by atoms with Crippen molar-refractivity contribution in [3.05, 3.63) is 64.2 Å². The summed E-state index contributed by atoms with van der Waals surface area (Å²) < 4.78 is 12.4. The van der Waals surface area contributed by atoms with Crippen molar-refractivity contribution >= 4 is 22.8 Å². The van der Waals surface area contributed by atoms with Gasteiger partial charge in [0, 0.05) is 10.6 Å². The highest BCUT2D eigenvalue weighted by molar-refractivity contribution is 7.90. The molecule has 0 amide bonds. The van der Waals surface area contributed by atoms with Gasteiger partial charge < -0.3 is 14.8 Å². The molecule has 3 aliphatic rings. The Balaban J connectivity index is 1.01. The lowest BCUT2D eigenvalue weighted by molar-refractivity contribution is -0.0396. The van der Waals surface area contributed by atoms with Crippen molar-refractivity contribution in [2.75, 3.05) is 5.75 Å². The molecule has 2 N–H and O–H groups in total. The van der Waals surface area contributed by atoms with Gasteiger partial charge in [-0.15, -0.1) is 0 Å². The van der Waals surface area contributed by atoms with Crippen LogP contribution < -0.4 is 0 Å². The molecular formula is C35H49ClO3S. The highest BCUT2D eigenvalue weighted by atomic mass is 35.5. The van der Waals surface area contributed by atoms with Crippen molar-refractivity contribution in [1.29, 1.82) is 0 Å². The van der Waals surface area contributed by atoms with E-state index in [2.05, 4.69) is 13.0 Å². The molecule has 3 nitrogen and oxygen atoms in total.